The molecule has 31 heavy (non-hydrogen) atoms. The van der Waals surface area contributed by atoms with Crippen LogP contribution in [0.3, 0.4) is 0 Å². The van der Waals surface area contributed by atoms with Crippen LogP contribution in [0.4, 0.5) is 0 Å². The summed E-state index contributed by atoms with van der Waals surface area (Å²) in [6, 6.07) is 13.5. The molecule has 2 atom stereocenters. The largest absolute Gasteiger partial charge is 0.497 e. The van der Waals surface area contributed by atoms with E-state index < -0.39 is 6.10 Å². The molecule has 168 valence electrons. The van der Waals surface area contributed by atoms with Crippen molar-refractivity contribution in [3.8, 4) is 17.2 Å². The van der Waals surface area contributed by atoms with E-state index in [1.54, 1.807) is 7.11 Å². The zero-order valence-corrected chi connectivity index (χ0v) is 19.7. The van der Waals surface area contributed by atoms with Gasteiger partial charge in [0, 0.05) is 12.0 Å². The molecule has 2 aromatic carbocycles. The van der Waals surface area contributed by atoms with Gasteiger partial charge in [-0.2, -0.15) is 0 Å². The summed E-state index contributed by atoms with van der Waals surface area (Å²) in [5, 5.41) is 3.19. The summed E-state index contributed by atoms with van der Waals surface area (Å²) in [5.41, 5.74) is 1.85. The summed E-state index contributed by atoms with van der Waals surface area (Å²) < 4.78 is 17.5. The van der Waals surface area contributed by atoms with Crippen molar-refractivity contribution < 1.29 is 19.0 Å². The van der Waals surface area contributed by atoms with Crippen LogP contribution in [-0.2, 0) is 10.2 Å². The standard InChI is InChI=1S/C26H35NO4/c1-8-22(30-18-11-9-17(10-12-18)25(2,3)4)24(28)27-21-16-26(5,6)31-23-14-13-19(29-7)15-20(21)23/h9-15,21-22H,8,16H2,1-7H3,(H,27,28). The Balaban J connectivity index is 1.76. The summed E-state index contributed by atoms with van der Waals surface area (Å²) in [5.74, 6) is 2.08. The predicted octanol–water partition coefficient (Wildman–Crippen LogP) is 5.57. The van der Waals surface area contributed by atoms with Crippen LogP contribution < -0.4 is 19.5 Å². The Hall–Kier alpha value is -2.69. The number of nitrogens with one attached hydrogen (secondary N) is 1. The van der Waals surface area contributed by atoms with E-state index in [1.807, 2.05) is 51.1 Å². The van der Waals surface area contributed by atoms with Crippen LogP contribution in [0.2, 0.25) is 0 Å². The highest BCUT2D eigenvalue weighted by molar-refractivity contribution is 5.81. The van der Waals surface area contributed by atoms with E-state index in [0.717, 1.165) is 17.1 Å². The Bertz CT molecular complexity index is 912. The molecule has 0 saturated heterocycles. The molecular weight excluding hydrogens is 390 g/mol. The fourth-order valence-corrected chi connectivity index (χ4v) is 3.87. The fraction of sp³-hybridized carbons (Fsp3) is 0.500. The molecule has 3 rings (SSSR count). The van der Waals surface area contributed by atoms with Gasteiger partial charge in [-0.25, -0.2) is 0 Å². The second-order valence-corrected chi connectivity index (χ2v) is 9.82. The first-order valence-electron chi connectivity index (χ1n) is 11.0. The number of fused-ring (bicyclic) bond motifs is 1. The van der Waals surface area contributed by atoms with Gasteiger partial charge in [0.15, 0.2) is 6.10 Å². The fourth-order valence-electron chi connectivity index (χ4n) is 3.87. The van der Waals surface area contributed by atoms with Crippen LogP contribution in [0.15, 0.2) is 42.5 Å². The number of hydrogen-bond acceptors (Lipinski definition) is 4. The van der Waals surface area contributed by atoms with Gasteiger partial charge in [-0.15, -0.1) is 0 Å². The highest BCUT2D eigenvalue weighted by Gasteiger charge is 2.36. The second kappa shape index (κ2) is 8.81. The first kappa shape index (κ1) is 23.0. The van der Waals surface area contributed by atoms with E-state index in [-0.39, 0.29) is 23.0 Å². The van der Waals surface area contributed by atoms with E-state index in [4.69, 9.17) is 14.2 Å². The first-order valence-corrected chi connectivity index (χ1v) is 11.0. The van der Waals surface area contributed by atoms with Crippen molar-refractivity contribution in [2.24, 2.45) is 0 Å². The minimum absolute atomic E-state index is 0.0738. The van der Waals surface area contributed by atoms with Gasteiger partial charge in [-0.3, -0.25) is 4.79 Å². The highest BCUT2D eigenvalue weighted by atomic mass is 16.5. The van der Waals surface area contributed by atoms with Crippen molar-refractivity contribution >= 4 is 5.91 Å². The average Bonchev–Trinajstić information content (AvgIpc) is 2.70. The van der Waals surface area contributed by atoms with Crippen LogP contribution in [0, 0.1) is 0 Å². The second-order valence-electron chi connectivity index (χ2n) is 9.82. The van der Waals surface area contributed by atoms with Gasteiger partial charge >= 0.3 is 0 Å². The molecule has 0 aromatic heterocycles. The van der Waals surface area contributed by atoms with Crippen molar-refractivity contribution in [2.45, 2.75) is 77.5 Å². The van der Waals surface area contributed by atoms with Crippen LogP contribution in [0.1, 0.15) is 71.6 Å². The average molecular weight is 426 g/mol. The van der Waals surface area contributed by atoms with Gasteiger partial charge in [0.05, 0.1) is 13.2 Å². The third-order valence-corrected chi connectivity index (χ3v) is 5.65. The molecule has 2 unspecified atom stereocenters. The van der Waals surface area contributed by atoms with Crippen molar-refractivity contribution in [1.82, 2.24) is 5.32 Å². The molecule has 0 saturated carbocycles. The van der Waals surface area contributed by atoms with Gasteiger partial charge < -0.3 is 19.5 Å². The van der Waals surface area contributed by atoms with Gasteiger partial charge in [0.25, 0.3) is 5.91 Å². The van der Waals surface area contributed by atoms with Crippen molar-refractivity contribution in [2.75, 3.05) is 7.11 Å². The number of hydrogen-bond donors (Lipinski definition) is 1. The number of carbonyl (C=O) groups excluding carboxylic acids is 1. The third kappa shape index (κ3) is 5.52. The molecule has 1 aliphatic heterocycles. The molecule has 0 radical (unpaired) electrons. The van der Waals surface area contributed by atoms with Gasteiger partial charge in [0.1, 0.15) is 22.8 Å². The highest BCUT2D eigenvalue weighted by Crippen LogP contribution is 2.41. The lowest BCUT2D eigenvalue weighted by molar-refractivity contribution is -0.129. The Morgan fingerprint density at radius 2 is 1.81 bits per heavy atom. The van der Waals surface area contributed by atoms with Crippen LogP contribution in [0.25, 0.3) is 0 Å². The summed E-state index contributed by atoms with van der Waals surface area (Å²) in [6.07, 6.45) is 0.667. The van der Waals surface area contributed by atoms with Crippen LogP contribution in [0.5, 0.6) is 17.2 Å². The molecule has 0 fully saturated rings. The Morgan fingerprint density at radius 3 is 2.39 bits per heavy atom. The van der Waals surface area contributed by atoms with Gasteiger partial charge in [0.2, 0.25) is 0 Å². The van der Waals surface area contributed by atoms with Crippen molar-refractivity contribution in [1.29, 1.82) is 0 Å². The molecule has 1 N–H and O–H groups in total. The number of carbonyl (C=O) groups is 1. The summed E-state index contributed by atoms with van der Waals surface area (Å²) >= 11 is 0. The molecule has 0 bridgehead atoms. The quantitative estimate of drug-likeness (QED) is 0.657. The number of ether oxygens (including phenoxy) is 3. The zero-order valence-electron chi connectivity index (χ0n) is 19.7. The summed E-state index contributed by atoms with van der Waals surface area (Å²) in [4.78, 5) is 13.1. The van der Waals surface area contributed by atoms with E-state index in [9.17, 15) is 4.79 Å². The predicted molar refractivity (Wildman–Crippen MR) is 123 cm³/mol. The Morgan fingerprint density at radius 1 is 1.16 bits per heavy atom. The topological polar surface area (TPSA) is 56.8 Å². The molecule has 0 aliphatic carbocycles. The van der Waals surface area contributed by atoms with Crippen molar-refractivity contribution in [3.05, 3.63) is 53.6 Å². The van der Waals surface area contributed by atoms with Gasteiger partial charge in [-0.05, 0) is 61.6 Å². The summed E-state index contributed by atoms with van der Waals surface area (Å²) in [6.45, 7) is 12.5. The lowest BCUT2D eigenvalue weighted by atomic mass is 9.87. The summed E-state index contributed by atoms with van der Waals surface area (Å²) in [7, 11) is 1.63. The maximum atomic E-state index is 13.1. The molecule has 0 spiro atoms. The van der Waals surface area contributed by atoms with E-state index in [1.165, 1.54) is 5.56 Å². The lowest BCUT2D eigenvalue weighted by Gasteiger charge is -2.38. The van der Waals surface area contributed by atoms with Gasteiger partial charge in [-0.1, -0.05) is 39.8 Å². The molecular formula is C26H35NO4. The molecule has 1 heterocycles. The maximum absolute atomic E-state index is 13.1. The molecule has 5 heteroatoms. The van der Waals surface area contributed by atoms with E-state index >= 15 is 0 Å². The molecule has 1 amide bonds. The monoisotopic (exact) mass is 425 g/mol. The Labute approximate surface area is 186 Å². The van der Waals surface area contributed by atoms with Crippen LogP contribution in [-0.4, -0.2) is 24.7 Å². The normalized spacial score (nSPS) is 18.4. The minimum atomic E-state index is -0.569. The van der Waals surface area contributed by atoms with E-state index in [0.29, 0.717) is 18.6 Å². The number of amides is 1. The smallest absolute Gasteiger partial charge is 0.261 e. The minimum Gasteiger partial charge on any atom is -0.497 e. The number of rotatable bonds is 6. The van der Waals surface area contributed by atoms with E-state index in [2.05, 4.69) is 38.2 Å². The maximum Gasteiger partial charge on any atom is 0.261 e. The number of benzene rings is 2. The molecule has 1 aliphatic rings. The molecule has 5 nitrogen and oxygen atoms in total. The number of methoxy groups -OCH3 is 1. The molecule has 2 aromatic rings. The third-order valence-electron chi connectivity index (χ3n) is 5.65. The SMILES string of the molecule is CCC(Oc1ccc(C(C)(C)C)cc1)C(=O)NC1CC(C)(C)Oc2ccc(OC)cc21. The Kier molecular flexibility index (Phi) is 6.54. The van der Waals surface area contributed by atoms with Crippen LogP contribution >= 0.6 is 0 Å². The van der Waals surface area contributed by atoms with Crippen molar-refractivity contribution in [3.63, 3.8) is 0 Å². The zero-order chi connectivity index (χ0) is 22.8. The lowest BCUT2D eigenvalue weighted by Crippen LogP contribution is -2.45. The first-order chi connectivity index (χ1) is 14.5.